The van der Waals surface area contributed by atoms with Crippen LogP contribution >= 0.6 is 35.0 Å². The lowest BCUT2D eigenvalue weighted by Gasteiger charge is -2.34. The molecule has 0 radical (unpaired) electrons. The molecule has 1 saturated carbocycles. The third-order valence-corrected chi connectivity index (χ3v) is 11.2. The summed E-state index contributed by atoms with van der Waals surface area (Å²) in [5, 5.41) is 3.86. The van der Waals surface area contributed by atoms with Crippen molar-refractivity contribution in [2.75, 3.05) is 17.1 Å². The number of nitrogens with zero attached hydrogens (tertiary/aromatic N) is 2. The summed E-state index contributed by atoms with van der Waals surface area (Å²) in [6.07, 6.45) is 7.31. The average Bonchev–Trinajstić information content (AvgIpc) is 3.02. The van der Waals surface area contributed by atoms with Gasteiger partial charge in [0.1, 0.15) is 12.6 Å². The largest absolute Gasteiger partial charge is 0.352 e. The van der Waals surface area contributed by atoms with Crippen molar-refractivity contribution in [3.05, 3.63) is 87.9 Å². The van der Waals surface area contributed by atoms with E-state index in [2.05, 4.69) is 5.32 Å². The number of hydrogen-bond acceptors (Lipinski definition) is 5. The number of nitrogens with one attached hydrogen (secondary N) is 1. The van der Waals surface area contributed by atoms with E-state index in [-0.39, 0.29) is 23.4 Å². The Balaban J connectivity index is 1.71. The molecule has 7 nitrogen and oxygen atoms in total. The summed E-state index contributed by atoms with van der Waals surface area (Å²) >= 11 is 14.0. The highest BCUT2D eigenvalue weighted by atomic mass is 35.5. The fourth-order valence-corrected chi connectivity index (χ4v) is 7.56. The van der Waals surface area contributed by atoms with Crippen molar-refractivity contribution in [1.29, 1.82) is 0 Å². The quantitative estimate of drug-likeness (QED) is 0.201. The van der Waals surface area contributed by atoms with Crippen LogP contribution in [0.1, 0.15) is 56.6 Å². The minimum absolute atomic E-state index is 0.0521. The van der Waals surface area contributed by atoms with Gasteiger partial charge in [-0.1, -0.05) is 73.2 Å². The molecule has 0 bridgehead atoms. The SMILES string of the molecule is CCC(C(=O)NC1CCCCC1)N(Cc1ccc(Cl)c(Cl)c1)C(=O)CN(c1ccc(C)cc1)S(=O)(=O)c1ccc(SC)cc1. The fraction of sp³-hybridized carbons (Fsp3) is 0.394. The van der Waals surface area contributed by atoms with E-state index in [0.717, 1.165) is 46.9 Å². The van der Waals surface area contributed by atoms with Gasteiger partial charge in [0.2, 0.25) is 11.8 Å². The first kappa shape index (κ1) is 34.2. The summed E-state index contributed by atoms with van der Waals surface area (Å²) in [5.74, 6) is -0.753. The second-order valence-corrected chi connectivity index (χ2v) is 14.6. The highest BCUT2D eigenvalue weighted by Crippen LogP contribution is 2.28. The molecular formula is C33H39Cl2N3O4S2. The number of rotatable bonds is 12. The molecule has 0 spiro atoms. The van der Waals surface area contributed by atoms with Gasteiger partial charge in [0.05, 0.1) is 20.6 Å². The van der Waals surface area contributed by atoms with E-state index in [9.17, 15) is 18.0 Å². The normalized spacial score (nSPS) is 14.6. The predicted molar refractivity (Wildman–Crippen MR) is 180 cm³/mol. The van der Waals surface area contributed by atoms with E-state index in [1.165, 1.54) is 16.7 Å². The zero-order valence-electron chi connectivity index (χ0n) is 25.3. The van der Waals surface area contributed by atoms with E-state index in [1.807, 2.05) is 20.1 Å². The second-order valence-electron chi connectivity index (χ2n) is 11.1. The summed E-state index contributed by atoms with van der Waals surface area (Å²) in [4.78, 5) is 30.4. The van der Waals surface area contributed by atoms with Crippen molar-refractivity contribution in [3.63, 3.8) is 0 Å². The third-order valence-electron chi connectivity index (χ3n) is 7.92. The van der Waals surface area contributed by atoms with Gasteiger partial charge >= 0.3 is 0 Å². The second kappa shape index (κ2) is 15.5. The van der Waals surface area contributed by atoms with Gasteiger partial charge in [-0.3, -0.25) is 13.9 Å². The maximum Gasteiger partial charge on any atom is 0.264 e. The van der Waals surface area contributed by atoms with Crippen LogP contribution in [0.25, 0.3) is 0 Å². The molecule has 0 heterocycles. The zero-order chi connectivity index (χ0) is 31.9. The van der Waals surface area contributed by atoms with Crippen molar-refractivity contribution in [2.45, 2.75) is 80.8 Å². The van der Waals surface area contributed by atoms with Crippen LogP contribution in [0.2, 0.25) is 10.0 Å². The molecule has 1 atom stereocenters. The molecule has 11 heteroatoms. The minimum Gasteiger partial charge on any atom is -0.352 e. The minimum atomic E-state index is -4.14. The van der Waals surface area contributed by atoms with Gasteiger partial charge in [-0.25, -0.2) is 8.42 Å². The lowest BCUT2D eigenvalue weighted by molar-refractivity contribution is -0.140. The first-order valence-electron chi connectivity index (χ1n) is 14.8. The van der Waals surface area contributed by atoms with Crippen molar-refractivity contribution < 1.29 is 18.0 Å². The maximum atomic E-state index is 14.3. The van der Waals surface area contributed by atoms with Crippen molar-refractivity contribution in [2.24, 2.45) is 0 Å². The number of anilines is 1. The van der Waals surface area contributed by atoms with Gasteiger partial charge in [-0.2, -0.15) is 0 Å². The Hall–Kier alpha value is -2.72. The summed E-state index contributed by atoms with van der Waals surface area (Å²) < 4.78 is 29.3. The number of aryl methyl sites for hydroxylation is 1. The summed E-state index contributed by atoms with van der Waals surface area (Å²) in [6.45, 7) is 3.31. The monoisotopic (exact) mass is 675 g/mol. The fourth-order valence-electron chi connectivity index (χ4n) is 5.41. The van der Waals surface area contributed by atoms with E-state index < -0.39 is 28.5 Å². The number of amides is 2. The number of halogens is 2. The Morgan fingerprint density at radius 2 is 1.61 bits per heavy atom. The van der Waals surface area contributed by atoms with E-state index in [0.29, 0.717) is 27.7 Å². The molecule has 3 aromatic carbocycles. The maximum absolute atomic E-state index is 14.3. The number of benzene rings is 3. The zero-order valence-corrected chi connectivity index (χ0v) is 28.4. The van der Waals surface area contributed by atoms with Crippen LogP contribution in [0.5, 0.6) is 0 Å². The molecule has 0 aromatic heterocycles. The molecule has 1 fully saturated rings. The summed E-state index contributed by atoms with van der Waals surface area (Å²) in [6, 6.07) is 17.9. The number of hydrogen-bond donors (Lipinski definition) is 1. The van der Waals surface area contributed by atoms with Crippen LogP contribution in [0.4, 0.5) is 5.69 Å². The molecule has 3 aromatic rings. The topological polar surface area (TPSA) is 86.8 Å². The molecule has 4 rings (SSSR count). The molecular weight excluding hydrogens is 637 g/mol. The Labute approximate surface area is 275 Å². The standard InChI is InChI=1S/C33H39Cl2N3O4S2/c1-4-31(33(40)36-25-8-6-5-7-9-25)37(21-24-12-19-29(34)30(35)20-24)32(39)22-38(26-13-10-23(2)11-14-26)44(41,42)28-17-15-27(43-3)16-18-28/h10-20,25,31H,4-9,21-22H2,1-3H3,(H,36,40). The van der Waals surface area contributed by atoms with Gasteiger partial charge < -0.3 is 10.2 Å². The highest BCUT2D eigenvalue weighted by molar-refractivity contribution is 7.98. The molecule has 236 valence electrons. The van der Waals surface area contributed by atoms with Gasteiger partial charge in [0, 0.05) is 17.5 Å². The average molecular weight is 677 g/mol. The van der Waals surface area contributed by atoms with E-state index >= 15 is 0 Å². The van der Waals surface area contributed by atoms with Crippen LogP contribution < -0.4 is 9.62 Å². The Bertz CT molecular complexity index is 1540. The van der Waals surface area contributed by atoms with Crippen LogP contribution in [-0.2, 0) is 26.2 Å². The number of sulfonamides is 1. The number of carbonyl (C=O) groups is 2. The van der Waals surface area contributed by atoms with Crippen LogP contribution in [0.15, 0.2) is 76.5 Å². The molecule has 1 N–H and O–H groups in total. The molecule has 1 aliphatic rings. The molecule has 2 amide bonds. The third kappa shape index (κ3) is 8.50. The lowest BCUT2D eigenvalue weighted by Crippen LogP contribution is -2.54. The molecule has 0 aliphatic heterocycles. The van der Waals surface area contributed by atoms with E-state index in [4.69, 9.17) is 23.2 Å². The van der Waals surface area contributed by atoms with Gasteiger partial charge in [-0.05, 0) is 86.5 Å². The van der Waals surface area contributed by atoms with Crippen LogP contribution in [-0.4, -0.2) is 50.0 Å². The van der Waals surface area contributed by atoms with Crippen molar-refractivity contribution >= 4 is 62.5 Å². The van der Waals surface area contributed by atoms with Crippen molar-refractivity contribution in [3.8, 4) is 0 Å². The first-order valence-corrected chi connectivity index (χ1v) is 18.2. The highest BCUT2D eigenvalue weighted by Gasteiger charge is 2.34. The van der Waals surface area contributed by atoms with Crippen LogP contribution in [0, 0.1) is 6.92 Å². The van der Waals surface area contributed by atoms with Gasteiger partial charge in [0.15, 0.2) is 0 Å². The Kier molecular flexibility index (Phi) is 12.0. The molecule has 1 unspecified atom stereocenters. The lowest BCUT2D eigenvalue weighted by atomic mass is 9.95. The smallest absolute Gasteiger partial charge is 0.264 e. The molecule has 0 saturated heterocycles. The Morgan fingerprint density at radius 3 is 2.20 bits per heavy atom. The first-order chi connectivity index (χ1) is 21.0. The predicted octanol–water partition coefficient (Wildman–Crippen LogP) is 7.48. The number of carbonyl (C=O) groups excluding carboxylic acids is 2. The summed E-state index contributed by atoms with van der Waals surface area (Å²) in [5.41, 5.74) is 1.98. The molecule has 44 heavy (non-hydrogen) atoms. The van der Waals surface area contributed by atoms with Gasteiger partial charge in [0.25, 0.3) is 10.0 Å². The molecule has 1 aliphatic carbocycles. The number of thioether (sulfide) groups is 1. The van der Waals surface area contributed by atoms with E-state index in [1.54, 1.807) is 66.7 Å². The van der Waals surface area contributed by atoms with Gasteiger partial charge in [-0.15, -0.1) is 11.8 Å². The summed E-state index contributed by atoms with van der Waals surface area (Å²) in [7, 11) is -4.14. The van der Waals surface area contributed by atoms with Crippen molar-refractivity contribution in [1.82, 2.24) is 10.2 Å². The van der Waals surface area contributed by atoms with Crippen LogP contribution in [0.3, 0.4) is 0 Å². The Morgan fingerprint density at radius 1 is 0.955 bits per heavy atom.